The van der Waals surface area contributed by atoms with Crippen molar-refractivity contribution >= 4 is 38.4 Å². The number of hydrogen-bond donors (Lipinski definition) is 0. The Balaban J connectivity index is 2.49. The Bertz CT molecular complexity index is 784. The summed E-state index contributed by atoms with van der Waals surface area (Å²) in [6.07, 6.45) is 1.53. The lowest BCUT2D eigenvalue weighted by molar-refractivity contribution is -0.147. The number of ether oxygens (including phenoxy) is 1. The molecule has 0 amide bonds. The Morgan fingerprint density at radius 2 is 1.90 bits per heavy atom. The van der Waals surface area contributed by atoms with E-state index in [2.05, 4.69) is 22.5 Å². The lowest BCUT2D eigenvalue weighted by atomic mass is 10.1. The van der Waals surface area contributed by atoms with Crippen LogP contribution in [0.3, 0.4) is 0 Å². The van der Waals surface area contributed by atoms with E-state index in [-0.39, 0.29) is 11.3 Å². The van der Waals surface area contributed by atoms with Crippen molar-refractivity contribution in [3.63, 3.8) is 0 Å². The molecule has 5 heteroatoms. The van der Waals surface area contributed by atoms with E-state index in [0.29, 0.717) is 5.39 Å². The first-order chi connectivity index (χ1) is 9.70. The number of rotatable bonds is 2. The van der Waals surface area contributed by atoms with Gasteiger partial charge in [-0.05, 0) is 39.0 Å². The molecule has 0 atom stereocenters. The van der Waals surface area contributed by atoms with Crippen molar-refractivity contribution in [2.75, 3.05) is 0 Å². The summed E-state index contributed by atoms with van der Waals surface area (Å²) in [7, 11) is 0. The van der Waals surface area contributed by atoms with E-state index in [9.17, 15) is 9.59 Å². The van der Waals surface area contributed by atoms with E-state index in [1.165, 1.54) is 10.8 Å². The largest absolute Gasteiger partial charge is 0.455 e. The zero-order valence-corrected chi connectivity index (χ0v) is 13.7. The number of halogens is 1. The molecule has 0 bridgehead atoms. The highest BCUT2D eigenvalue weighted by Crippen LogP contribution is 2.21. The zero-order valence-electron chi connectivity index (χ0n) is 12.1. The number of aromatic nitrogens is 1. The molecule has 4 nitrogen and oxygen atoms in total. The number of esters is 1. The SMILES string of the molecule is C=C(C(=O)OC(C)(C)C)n1ccc2c(Br)cccc2c1=O. The molecule has 0 unspecified atom stereocenters. The van der Waals surface area contributed by atoms with Crippen molar-refractivity contribution in [2.45, 2.75) is 26.4 Å². The summed E-state index contributed by atoms with van der Waals surface area (Å²) in [5.41, 5.74) is -0.940. The third kappa shape index (κ3) is 3.24. The number of fused-ring (bicyclic) bond motifs is 1. The summed E-state index contributed by atoms with van der Waals surface area (Å²) in [6, 6.07) is 7.10. The summed E-state index contributed by atoms with van der Waals surface area (Å²) in [4.78, 5) is 24.5. The molecular weight excluding hydrogens is 334 g/mol. The lowest BCUT2D eigenvalue weighted by Gasteiger charge is -2.20. The number of carbonyl (C=O) groups excluding carboxylic acids is 1. The van der Waals surface area contributed by atoms with Crippen molar-refractivity contribution in [3.8, 4) is 0 Å². The highest BCUT2D eigenvalue weighted by Gasteiger charge is 2.20. The van der Waals surface area contributed by atoms with Gasteiger partial charge in [-0.3, -0.25) is 9.36 Å². The fraction of sp³-hybridized carbons (Fsp3) is 0.250. The molecule has 0 aliphatic carbocycles. The van der Waals surface area contributed by atoms with Gasteiger partial charge in [0.1, 0.15) is 11.3 Å². The Kier molecular flexibility index (Phi) is 4.05. The van der Waals surface area contributed by atoms with Crippen LogP contribution in [-0.2, 0) is 9.53 Å². The molecule has 0 radical (unpaired) electrons. The van der Waals surface area contributed by atoms with Gasteiger partial charge in [-0.15, -0.1) is 0 Å². The van der Waals surface area contributed by atoms with Crippen molar-refractivity contribution in [1.82, 2.24) is 4.57 Å². The van der Waals surface area contributed by atoms with Gasteiger partial charge in [0, 0.05) is 21.4 Å². The predicted molar refractivity (Wildman–Crippen MR) is 87.1 cm³/mol. The maximum absolute atomic E-state index is 12.5. The minimum absolute atomic E-state index is 0.00296. The third-order valence-corrected chi connectivity index (χ3v) is 3.51. The monoisotopic (exact) mass is 349 g/mol. The minimum Gasteiger partial charge on any atom is -0.455 e. The average molecular weight is 350 g/mol. The molecule has 0 aliphatic heterocycles. The van der Waals surface area contributed by atoms with Crippen LogP contribution in [0.2, 0.25) is 0 Å². The van der Waals surface area contributed by atoms with Gasteiger partial charge in [0.15, 0.2) is 0 Å². The fourth-order valence-corrected chi connectivity index (χ4v) is 2.39. The highest BCUT2D eigenvalue weighted by molar-refractivity contribution is 9.10. The van der Waals surface area contributed by atoms with Gasteiger partial charge in [0.05, 0.1) is 0 Å². The van der Waals surface area contributed by atoms with Crippen LogP contribution in [-0.4, -0.2) is 16.1 Å². The van der Waals surface area contributed by atoms with Gasteiger partial charge in [-0.25, -0.2) is 4.79 Å². The normalized spacial score (nSPS) is 11.4. The molecule has 0 N–H and O–H groups in total. The first kappa shape index (κ1) is 15.5. The molecule has 1 aromatic carbocycles. The molecular formula is C16H16BrNO3. The molecule has 2 aromatic rings. The van der Waals surface area contributed by atoms with E-state index >= 15 is 0 Å². The molecule has 0 fully saturated rings. The van der Waals surface area contributed by atoms with E-state index in [1.807, 2.05) is 6.07 Å². The van der Waals surface area contributed by atoms with Crippen LogP contribution in [0.25, 0.3) is 16.5 Å². The molecule has 0 spiro atoms. The van der Waals surface area contributed by atoms with Gasteiger partial charge in [-0.2, -0.15) is 0 Å². The van der Waals surface area contributed by atoms with Gasteiger partial charge < -0.3 is 4.74 Å². The topological polar surface area (TPSA) is 48.3 Å². The molecule has 1 aromatic heterocycles. The second-order valence-electron chi connectivity index (χ2n) is 5.64. The molecule has 21 heavy (non-hydrogen) atoms. The maximum atomic E-state index is 12.5. The van der Waals surface area contributed by atoms with Gasteiger partial charge in [0.2, 0.25) is 0 Å². The fourth-order valence-electron chi connectivity index (χ4n) is 1.89. The van der Waals surface area contributed by atoms with Crippen LogP contribution in [0.15, 0.2) is 46.3 Å². The number of benzene rings is 1. The lowest BCUT2D eigenvalue weighted by Crippen LogP contribution is -2.29. The molecule has 0 aliphatic rings. The summed E-state index contributed by atoms with van der Waals surface area (Å²) < 4.78 is 7.27. The molecule has 1 heterocycles. The van der Waals surface area contributed by atoms with E-state index in [4.69, 9.17) is 4.74 Å². The second-order valence-corrected chi connectivity index (χ2v) is 6.49. The van der Waals surface area contributed by atoms with Crippen LogP contribution in [0.5, 0.6) is 0 Å². The average Bonchev–Trinajstić information content (AvgIpc) is 2.37. The number of hydrogen-bond acceptors (Lipinski definition) is 3. The Hall–Kier alpha value is -1.88. The van der Waals surface area contributed by atoms with Gasteiger partial charge >= 0.3 is 5.97 Å². The second kappa shape index (κ2) is 5.48. The zero-order chi connectivity index (χ0) is 15.8. The van der Waals surface area contributed by atoms with Crippen molar-refractivity contribution in [2.24, 2.45) is 0 Å². The van der Waals surface area contributed by atoms with E-state index in [1.54, 1.807) is 39.0 Å². The van der Waals surface area contributed by atoms with Gasteiger partial charge in [-0.1, -0.05) is 28.6 Å². The van der Waals surface area contributed by atoms with Crippen LogP contribution in [0.1, 0.15) is 20.8 Å². The van der Waals surface area contributed by atoms with E-state index in [0.717, 1.165) is 9.86 Å². The summed E-state index contributed by atoms with van der Waals surface area (Å²) in [5, 5.41) is 1.30. The Labute approximate surface area is 131 Å². The molecule has 0 saturated carbocycles. The Morgan fingerprint density at radius 3 is 2.52 bits per heavy atom. The van der Waals surface area contributed by atoms with Crippen molar-refractivity contribution in [1.29, 1.82) is 0 Å². The number of pyridine rings is 1. The van der Waals surface area contributed by atoms with Crippen LogP contribution in [0, 0.1) is 0 Å². The first-order valence-electron chi connectivity index (χ1n) is 6.43. The highest BCUT2D eigenvalue weighted by atomic mass is 79.9. The Morgan fingerprint density at radius 1 is 1.24 bits per heavy atom. The van der Waals surface area contributed by atoms with Crippen LogP contribution in [0.4, 0.5) is 0 Å². The summed E-state index contributed by atoms with van der Waals surface area (Å²) in [5.74, 6) is -0.612. The van der Waals surface area contributed by atoms with Crippen LogP contribution < -0.4 is 5.56 Å². The molecule has 0 saturated heterocycles. The molecule has 2 rings (SSSR count). The van der Waals surface area contributed by atoms with Crippen molar-refractivity contribution < 1.29 is 9.53 Å². The third-order valence-electron chi connectivity index (χ3n) is 2.82. The smallest absolute Gasteiger partial charge is 0.355 e. The minimum atomic E-state index is -0.635. The quantitative estimate of drug-likeness (QED) is 0.615. The maximum Gasteiger partial charge on any atom is 0.355 e. The molecule has 110 valence electrons. The number of nitrogens with zero attached hydrogens (tertiary/aromatic N) is 1. The standard InChI is InChI=1S/C16H16BrNO3/c1-10(15(20)21-16(2,3)4)18-9-8-11-12(14(18)19)6-5-7-13(11)17/h5-9H,1H2,2-4H3. The van der Waals surface area contributed by atoms with Crippen molar-refractivity contribution in [3.05, 3.63) is 51.9 Å². The predicted octanol–water partition coefficient (Wildman–Crippen LogP) is 3.58. The summed E-state index contributed by atoms with van der Waals surface area (Å²) >= 11 is 3.40. The van der Waals surface area contributed by atoms with Crippen LogP contribution >= 0.6 is 15.9 Å². The number of carbonyl (C=O) groups is 1. The summed E-state index contributed by atoms with van der Waals surface area (Å²) in [6.45, 7) is 8.96. The first-order valence-corrected chi connectivity index (χ1v) is 7.22. The van der Waals surface area contributed by atoms with E-state index < -0.39 is 11.6 Å². The van der Waals surface area contributed by atoms with Gasteiger partial charge in [0.25, 0.3) is 5.56 Å².